The number of hydrogen-bond acceptors (Lipinski definition) is 4. The van der Waals surface area contributed by atoms with Gasteiger partial charge < -0.3 is 20.3 Å². The molecule has 1 aromatic heterocycles. The van der Waals surface area contributed by atoms with Crippen molar-refractivity contribution < 1.29 is 9.53 Å². The second-order valence-electron chi connectivity index (χ2n) is 6.71. The minimum atomic E-state index is -0.237. The quantitative estimate of drug-likeness (QED) is 0.664. The van der Waals surface area contributed by atoms with Crippen molar-refractivity contribution in [1.82, 2.24) is 5.32 Å². The number of para-hydroxylation sites is 1. The summed E-state index contributed by atoms with van der Waals surface area (Å²) in [6.45, 7) is 2.38. The molecule has 0 atom stereocenters. The molecule has 0 saturated carbocycles. The Labute approximate surface area is 169 Å². The number of nitrogens with one attached hydrogen (secondary N) is 2. The number of rotatable bonds is 5. The molecule has 1 aliphatic heterocycles. The maximum absolute atomic E-state index is 12.2. The smallest absolute Gasteiger partial charge is 0.319 e. The van der Waals surface area contributed by atoms with Gasteiger partial charge in [-0.15, -0.1) is 11.3 Å². The molecule has 5 nitrogen and oxygen atoms in total. The molecule has 28 heavy (non-hydrogen) atoms. The average molecular weight is 394 g/mol. The van der Waals surface area contributed by atoms with Gasteiger partial charge in [-0.05, 0) is 53.8 Å². The van der Waals surface area contributed by atoms with Crippen LogP contribution in [0.2, 0.25) is 0 Å². The molecule has 2 heterocycles. The number of hydrogen-bond donors (Lipinski definition) is 2. The lowest BCUT2D eigenvalue weighted by atomic mass is 10.1. The highest BCUT2D eigenvalue weighted by molar-refractivity contribution is 7.10. The van der Waals surface area contributed by atoms with Gasteiger partial charge in [0.05, 0.1) is 7.11 Å². The summed E-state index contributed by atoms with van der Waals surface area (Å²) in [7, 11) is 1.63. The van der Waals surface area contributed by atoms with Crippen molar-refractivity contribution in [2.45, 2.75) is 19.5 Å². The zero-order chi connectivity index (χ0) is 19.3. The highest BCUT2D eigenvalue weighted by Gasteiger charge is 2.17. The Morgan fingerprint density at radius 2 is 1.96 bits per heavy atom. The van der Waals surface area contributed by atoms with Crippen molar-refractivity contribution in [2.24, 2.45) is 0 Å². The van der Waals surface area contributed by atoms with Crippen molar-refractivity contribution in [3.8, 4) is 5.75 Å². The van der Waals surface area contributed by atoms with Crippen LogP contribution in [0, 0.1) is 0 Å². The van der Waals surface area contributed by atoms with Crippen molar-refractivity contribution >= 4 is 28.7 Å². The second kappa shape index (κ2) is 8.35. The molecule has 1 aliphatic rings. The Hall–Kier alpha value is -2.99. The molecule has 0 radical (unpaired) electrons. The third kappa shape index (κ3) is 4.12. The highest BCUT2D eigenvalue weighted by Crippen LogP contribution is 2.28. The lowest BCUT2D eigenvalue weighted by molar-refractivity contribution is 0.251. The topological polar surface area (TPSA) is 53.6 Å². The summed E-state index contributed by atoms with van der Waals surface area (Å²) in [5.41, 5.74) is 4.31. The third-order valence-corrected chi connectivity index (χ3v) is 5.95. The van der Waals surface area contributed by atoms with Crippen LogP contribution in [0.5, 0.6) is 5.75 Å². The van der Waals surface area contributed by atoms with E-state index in [-0.39, 0.29) is 6.03 Å². The normalized spacial score (nSPS) is 13.0. The van der Waals surface area contributed by atoms with Gasteiger partial charge in [-0.3, -0.25) is 0 Å². The number of fused-ring (bicyclic) bond motifs is 1. The third-order valence-electron chi connectivity index (χ3n) is 4.93. The largest absolute Gasteiger partial charge is 0.496 e. The summed E-state index contributed by atoms with van der Waals surface area (Å²) < 4.78 is 5.31. The van der Waals surface area contributed by atoms with E-state index in [0.29, 0.717) is 6.54 Å². The number of methoxy groups -OCH3 is 1. The monoisotopic (exact) mass is 393 g/mol. The van der Waals surface area contributed by atoms with E-state index in [1.165, 1.54) is 16.1 Å². The molecular formula is C22H23N3O2S. The SMILES string of the molecule is COc1ccccc1CNC(=O)Nc1ccc(N2CCc3sccc3C2)cc1. The van der Waals surface area contributed by atoms with Crippen molar-refractivity contribution in [3.05, 3.63) is 76.0 Å². The van der Waals surface area contributed by atoms with Crippen LogP contribution in [0.25, 0.3) is 0 Å². The number of thiophene rings is 1. The molecule has 144 valence electrons. The van der Waals surface area contributed by atoms with Gasteiger partial charge in [0, 0.05) is 41.4 Å². The van der Waals surface area contributed by atoms with E-state index in [4.69, 9.17) is 4.74 Å². The van der Waals surface area contributed by atoms with Gasteiger partial charge in [0.2, 0.25) is 0 Å². The molecule has 0 unspecified atom stereocenters. The Kier molecular flexibility index (Phi) is 5.48. The molecule has 0 saturated heterocycles. The van der Waals surface area contributed by atoms with E-state index in [9.17, 15) is 4.79 Å². The minimum Gasteiger partial charge on any atom is -0.496 e. The average Bonchev–Trinajstić information content (AvgIpc) is 3.21. The summed E-state index contributed by atoms with van der Waals surface area (Å²) in [6.07, 6.45) is 1.10. The summed E-state index contributed by atoms with van der Waals surface area (Å²) >= 11 is 1.85. The van der Waals surface area contributed by atoms with E-state index >= 15 is 0 Å². The van der Waals surface area contributed by atoms with Crippen molar-refractivity contribution in [3.63, 3.8) is 0 Å². The zero-order valence-corrected chi connectivity index (χ0v) is 16.6. The van der Waals surface area contributed by atoms with Crippen LogP contribution in [-0.4, -0.2) is 19.7 Å². The molecule has 0 spiro atoms. The van der Waals surface area contributed by atoms with Gasteiger partial charge in [-0.25, -0.2) is 4.79 Å². The molecule has 0 aliphatic carbocycles. The van der Waals surface area contributed by atoms with E-state index in [2.05, 4.69) is 39.1 Å². The summed E-state index contributed by atoms with van der Waals surface area (Å²) in [5.74, 6) is 0.766. The number of ether oxygens (including phenoxy) is 1. The van der Waals surface area contributed by atoms with Crippen molar-refractivity contribution in [2.75, 3.05) is 23.9 Å². The fraction of sp³-hybridized carbons (Fsp3) is 0.227. The fourth-order valence-electron chi connectivity index (χ4n) is 3.42. The van der Waals surface area contributed by atoms with Gasteiger partial charge in [0.15, 0.2) is 0 Å². The van der Waals surface area contributed by atoms with Gasteiger partial charge in [0.25, 0.3) is 0 Å². The molecule has 0 fully saturated rings. The Morgan fingerprint density at radius 3 is 2.79 bits per heavy atom. The summed E-state index contributed by atoms with van der Waals surface area (Å²) in [4.78, 5) is 16.1. The number of amides is 2. The predicted octanol–water partition coefficient (Wildman–Crippen LogP) is 4.64. The van der Waals surface area contributed by atoms with Gasteiger partial charge in [-0.1, -0.05) is 18.2 Å². The van der Waals surface area contributed by atoms with Crippen LogP contribution in [0.3, 0.4) is 0 Å². The van der Waals surface area contributed by atoms with Crippen LogP contribution in [0.15, 0.2) is 60.0 Å². The molecule has 2 amide bonds. The maximum atomic E-state index is 12.2. The molecule has 2 aromatic carbocycles. The van der Waals surface area contributed by atoms with Crippen LogP contribution >= 0.6 is 11.3 Å². The fourth-order valence-corrected chi connectivity index (χ4v) is 4.31. The molecule has 0 bridgehead atoms. The van der Waals surface area contributed by atoms with E-state index in [1.54, 1.807) is 7.11 Å². The molecule has 4 rings (SSSR count). The minimum absolute atomic E-state index is 0.237. The van der Waals surface area contributed by atoms with Crippen LogP contribution in [-0.2, 0) is 19.5 Å². The van der Waals surface area contributed by atoms with Crippen LogP contribution < -0.4 is 20.3 Å². The molecular weight excluding hydrogens is 370 g/mol. The zero-order valence-electron chi connectivity index (χ0n) is 15.8. The van der Waals surface area contributed by atoms with E-state index < -0.39 is 0 Å². The first-order valence-corrected chi connectivity index (χ1v) is 10.2. The molecule has 3 aromatic rings. The maximum Gasteiger partial charge on any atom is 0.319 e. The van der Waals surface area contributed by atoms with Gasteiger partial charge in [0.1, 0.15) is 5.75 Å². The lowest BCUT2D eigenvalue weighted by Crippen LogP contribution is -2.29. The predicted molar refractivity (Wildman–Crippen MR) is 114 cm³/mol. The Bertz CT molecular complexity index is 952. The standard InChI is InChI=1S/C22H23N3O2S/c1-27-20-5-3-2-4-16(20)14-23-22(26)24-18-6-8-19(9-7-18)25-12-10-21-17(15-25)11-13-28-21/h2-9,11,13H,10,12,14-15H2,1H3,(H2,23,24,26). The summed E-state index contributed by atoms with van der Waals surface area (Å²) in [5, 5.41) is 7.92. The number of carbonyl (C=O) groups excluding carboxylic acids is 1. The number of urea groups is 1. The first-order chi connectivity index (χ1) is 13.7. The first kappa shape index (κ1) is 18.4. The van der Waals surface area contributed by atoms with Crippen LogP contribution in [0.4, 0.5) is 16.2 Å². The first-order valence-electron chi connectivity index (χ1n) is 9.30. The van der Waals surface area contributed by atoms with Crippen molar-refractivity contribution in [1.29, 1.82) is 0 Å². The number of benzene rings is 2. The lowest BCUT2D eigenvalue weighted by Gasteiger charge is -2.29. The Balaban J connectivity index is 1.32. The van der Waals surface area contributed by atoms with Gasteiger partial charge in [-0.2, -0.15) is 0 Å². The second-order valence-corrected chi connectivity index (χ2v) is 7.71. The highest BCUT2D eigenvalue weighted by atomic mass is 32.1. The molecule has 2 N–H and O–H groups in total. The molecule has 6 heteroatoms. The van der Waals surface area contributed by atoms with E-state index in [0.717, 1.165) is 36.5 Å². The number of anilines is 2. The van der Waals surface area contributed by atoms with Gasteiger partial charge >= 0.3 is 6.03 Å². The van der Waals surface area contributed by atoms with Crippen LogP contribution in [0.1, 0.15) is 16.0 Å². The Morgan fingerprint density at radius 1 is 1.14 bits per heavy atom. The van der Waals surface area contributed by atoms with E-state index in [1.807, 2.05) is 47.7 Å². The number of nitrogens with zero attached hydrogens (tertiary/aromatic N) is 1. The number of carbonyl (C=O) groups is 1. The summed E-state index contributed by atoms with van der Waals surface area (Å²) in [6, 6.07) is 17.6.